The van der Waals surface area contributed by atoms with Gasteiger partial charge in [-0.1, -0.05) is 51.1 Å². The van der Waals surface area contributed by atoms with Gasteiger partial charge in [-0.15, -0.1) is 0 Å². The van der Waals surface area contributed by atoms with E-state index >= 15 is 0 Å². The van der Waals surface area contributed by atoms with E-state index in [1.807, 2.05) is 36.4 Å². The van der Waals surface area contributed by atoms with Crippen LogP contribution >= 0.6 is 0 Å². The van der Waals surface area contributed by atoms with Crippen molar-refractivity contribution in [3.05, 3.63) is 60.4 Å². The second-order valence-corrected chi connectivity index (χ2v) is 11.3. The molecule has 2 saturated heterocycles. The van der Waals surface area contributed by atoms with Gasteiger partial charge >= 0.3 is 0 Å². The van der Waals surface area contributed by atoms with Gasteiger partial charge in [-0.2, -0.15) is 0 Å². The number of anilines is 1. The largest absolute Gasteiger partial charge is 0.371 e. The number of nitrogens with one attached hydrogen (secondary N) is 2. The summed E-state index contributed by atoms with van der Waals surface area (Å²) in [4.78, 5) is 9.18. The van der Waals surface area contributed by atoms with Gasteiger partial charge < -0.3 is 14.8 Å². The molecule has 2 N–H and O–H groups in total. The van der Waals surface area contributed by atoms with Crippen molar-refractivity contribution in [1.29, 1.82) is 0 Å². The summed E-state index contributed by atoms with van der Waals surface area (Å²) in [6, 6.07) is 14.1. The number of sulfonamides is 1. The molecule has 0 aliphatic carbocycles. The van der Waals surface area contributed by atoms with Crippen LogP contribution in [0.5, 0.6) is 0 Å². The zero-order valence-corrected chi connectivity index (χ0v) is 19.7. The monoisotopic (exact) mass is 468 g/mol. The summed E-state index contributed by atoms with van der Waals surface area (Å²) in [6.45, 7) is 6.91. The number of fused-ring (bicyclic) bond motifs is 2. The summed E-state index contributed by atoms with van der Waals surface area (Å²) in [5.41, 5.74) is 0.841. The number of hydrogen-bond donors (Lipinski definition) is 2. The number of rotatable bonds is 5. The third kappa shape index (κ3) is 4.46. The average molecular weight is 469 g/mol. The predicted octanol–water partition coefficient (Wildman–Crippen LogP) is 2.85. The molecule has 3 heterocycles. The van der Waals surface area contributed by atoms with E-state index in [-0.39, 0.29) is 35.2 Å². The molecular weight excluding hydrogens is 440 g/mol. The maximum Gasteiger partial charge on any atom is 0.241 e. The van der Waals surface area contributed by atoms with E-state index in [2.05, 4.69) is 40.8 Å². The van der Waals surface area contributed by atoms with Crippen LogP contribution in [0.3, 0.4) is 0 Å². The van der Waals surface area contributed by atoms with Crippen molar-refractivity contribution in [1.82, 2.24) is 14.7 Å². The highest BCUT2D eigenvalue weighted by molar-refractivity contribution is 7.89. The summed E-state index contributed by atoms with van der Waals surface area (Å²) in [5.74, 6) is 0.514. The Balaban J connectivity index is 1.28. The summed E-state index contributed by atoms with van der Waals surface area (Å²) < 4.78 is 40.8. The van der Waals surface area contributed by atoms with Crippen molar-refractivity contribution >= 4 is 26.7 Å². The smallest absolute Gasteiger partial charge is 0.241 e. The first-order valence-corrected chi connectivity index (χ1v) is 12.5. The molecule has 5 rings (SSSR count). The fraction of sp³-hybridized carbons (Fsp3) is 0.417. The molecule has 2 fully saturated rings. The lowest BCUT2D eigenvalue weighted by Crippen LogP contribution is -2.44. The van der Waals surface area contributed by atoms with E-state index in [9.17, 15) is 8.42 Å². The molecule has 0 saturated carbocycles. The Hall–Kier alpha value is -2.59. The van der Waals surface area contributed by atoms with Crippen LogP contribution in [-0.2, 0) is 24.9 Å². The zero-order valence-electron chi connectivity index (χ0n) is 18.9. The lowest BCUT2D eigenvalue weighted by Gasteiger charge is -2.21. The predicted molar refractivity (Wildman–Crippen MR) is 126 cm³/mol. The normalized spacial score (nSPS) is 25.3. The van der Waals surface area contributed by atoms with Crippen LogP contribution in [0, 0.1) is 0 Å². The number of benzene rings is 2. The summed E-state index contributed by atoms with van der Waals surface area (Å²) >= 11 is 0. The molecular formula is C24H28N4O4S. The minimum absolute atomic E-state index is 0.0932. The number of ether oxygens (including phenoxy) is 2. The van der Waals surface area contributed by atoms with Gasteiger partial charge in [0, 0.05) is 11.6 Å². The molecule has 4 atom stereocenters. The Bertz CT molecular complexity index is 1270. The van der Waals surface area contributed by atoms with Crippen molar-refractivity contribution in [2.45, 2.75) is 55.4 Å². The van der Waals surface area contributed by atoms with Crippen LogP contribution in [0.1, 0.15) is 26.5 Å². The van der Waals surface area contributed by atoms with E-state index in [0.29, 0.717) is 12.6 Å². The van der Waals surface area contributed by atoms with E-state index in [4.69, 9.17) is 9.47 Å². The molecule has 8 nitrogen and oxygen atoms in total. The van der Waals surface area contributed by atoms with Crippen LogP contribution < -0.4 is 10.0 Å². The minimum atomic E-state index is -3.73. The standard InChI is InChI=1S/C24H28N4O4S/c1-24(2,3)20-10-11-25-23(27-20)26-18-13-31-22-19(14-32-21(18)22)28-33(29,30)17-9-8-15-6-4-5-7-16(15)12-17/h4-12,18-19,21-22,28H,13-14H2,1-3H3,(H,25,26,27)/t18-,19+,21-,22+/m1/s1. The van der Waals surface area contributed by atoms with Crippen LogP contribution in [0.15, 0.2) is 59.6 Å². The van der Waals surface area contributed by atoms with Crippen molar-refractivity contribution in [2.75, 3.05) is 18.5 Å². The van der Waals surface area contributed by atoms with Gasteiger partial charge in [0.1, 0.15) is 12.2 Å². The zero-order chi connectivity index (χ0) is 23.2. The molecule has 2 aliphatic heterocycles. The van der Waals surface area contributed by atoms with Gasteiger partial charge in [-0.25, -0.2) is 23.1 Å². The molecule has 33 heavy (non-hydrogen) atoms. The molecule has 2 aromatic carbocycles. The molecule has 9 heteroatoms. The molecule has 0 radical (unpaired) electrons. The van der Waals surface area contributed by atoms with Crippen molar-refractivity contribution in [2.24, 2.45) is 0 Å². The fourth-order valence-electron chi connectivity index (χ4n) is 4.34. The van der Waals surface area contributed by atoms with Gasteiger partial charge in [0.05, 0.1) is 35.9 Å². The van der Waals surface area contributed by atoms with Crippen LogP contribution in [-0.4, -0.2) is 55.9 Å². The van der Waals surface area contributed by atoms with E-state index in [0.717, 1.165) is 16.5 Å². The van der Waals surface area contributed by atoms with Crippen molar-refractivity contribution in [3.8, 4) is 0 Å². The average Bonchev–Trinajstić information content (AvgIpc) is 3.36. The van der Waals surface area contributed by atoms with Gasteiger partial charge in [-0.3, -0.25) is 0 Å². The fourth-order valence-corrected chi connectivity index (χ4v) is 5.60. The molecule has 0 amide bonds. The highest BCUT2D eigenvalue weighted by Gasteiger charge is 2.49. The first-order valence-electron chi connectivity index (χ1n) is 11.1. The third-order valence-electron chi connectivity index (χ3n) is 6.13. The number of hydrogen-bond acceptors (Lipinski definition) is 7. The molecule has 174 valence electrons. The lowest BCUT2D eigenvalue weighted by molar-refractivity contribution is 0.0690. The summed E-state index contributed by atoms with van der Waals surface area (Å²) in [6.07, 6.45) is 1.05. The maximum atomic E-state index is 13.1. The van der Waals surface area contributed by atoms with Gasteiger partial charge in [-0.05, 0) is 29.0 Å². The first-order chi connectivity index (χ1) is 15.7. The molecule has 2 aliphatic rings. The molecule has 0 bridgehead atoms. The van der Waals surface area contributed by atoms with E-state index in [1.165, 1.54) is 0 Å². The molecule has 0 spiro atoms. The lowest BCUT2D eigenvalue weighted by atomic mass is 9.92. The van der Waals surface area contributed by atoms with E-state index < -0.39 is 16.1 Å². The van der Waals surface area contributed by atoms with Crippen LogP contribution in [0.25, 0.3) is 10.8 Å². The van der Waals surface area contributed by atoms with Crippen LogP contribution in [0.2, 0.25) is 0 Å². The van der Waals surface area contributed by atoms with E-state index in [1.54, 1.807) is 18.3 Å². The summed E-state index contributed by atoms with van der Waals surface area (Å²) in [7, 11) is -3.73. The number of aromatic nitrogens is 2. The highest BCUT2D eigenvalue weighted by atomic mass is 32.2. The maximum absolute atomic E-state index is 13.1. The Kier molecular flexibility index (Phi) is 5.60. The molecule has 1 aromatic heterocycles. The van der Waals surface area contributed by atoms with Gasteiger partial charge in [0.2, 0.25) is 16.0 Å². The Morgan fingerprint density at radius 2 is 1.64 bits per heavy atom. The SMILES string of the molecule is CC(C)(C)c1ccnc(N[C@@H]2CO[C@@H]3[C@@H]2OC[C@@H]3NS(=O)(=O)c2ccc3ccccc3c2)n1. The van der Waals surface area contributed by atoms with Crippen molar-refractivity contribution in [3.63, 3.8) is 0 Å². The van der Waals surface area contributed by atoms with Gasteiger partial charge in [0.15, 0.2) is 0 Å². The topological polar surface area (TPSA) is 102 Å². The second-order valence-electron chi connectivity index (χ2n) is 9.60. The van der Waals surface area contributed by atoms with Gasteiger partial charge in [0.25, 0.3) is 0 Å². The highest BCUT2D eigenvalue weighted by Crippen LogP contribution is 2.30. The molecule has 3 aromatic rings. The Morgan fingerprint density at radius 1 is 0.939 bits per heavy atom. The summed E-state index contributed by atoms with van der Waals surface area (Å²) in [5, 5.41) is 5.18. The first kappa shape index (κ1) is 22.2. The Labute approximate surface area is 193 Å². The second kappa shape index (κ2) is 8.32. The Morgan fingerprint density at radius 3 is 2.39 bits per heavy atom. The third-order valence-corrected chi connectivity index (χ3v) is 7.62. The van der Waals surface area contributed by atoms with Crippen molar-refractivity contribution < 1.29 is 17.9 Å². The van der Waals surface area contributed by atoms with Crippen LogP contribution in [0.4, 0.5) is 5.95 Å². The number of nitrogens with zero attached hydrogens (tertiary/aromatic N) is 2. The minimum Gasteiger partial charge on any atom is -0.371 e. The quantitative estimate of drug-likeness (QED) is 0.594. The molecule has 0 unspecified atom stereocenters.